The van der Waals surface area contributed by atoms with Gasteiger partial charge in [0.1, 0.15) is 6.10 Å². The molecular formula is C9H10F3N3O4. The van der Waals surface area contributed by atoms with E-state index in [1.54, 1.807) is 0 Å². The number of hydrogen-bond donors (Lipinski definition) is 3. The molecule has 2 rings (SSSR count). The van der Waals surface area contributed by atoms with Gasteiger partial charge in [0.05, 0.1) is 12.8 Å². The number of hydrogen-bond acceptors (Lipinski definition) is 6. The lowest BCUT2D eigenvalue weighted by atomic mass is 10.1. The van der Waals surface area contributed by atoms with E-state index >= 15 is 0 Å². The lowest BCUT2D eigenvalue weighted by Gasteiger charge is -2.20. The molecule has 106 valence electrons. The van der Waals surface area contributed by atoms with Crippen molar-refractivity contribution in [3.8, 4) is 5.75 Å². The average molecular weight is 281 g/mol. The number of aliphatic hydroxyl groups excluding tert-OH is 1. The van der Waals surface area contributed by atoms with Crippen molar-refractivity contribution in [3.05, 3.63) is 16.7 Å². The summed E-state index contributed by atoms with van der Waals surface area (Å²) in [7, 11) is 0. The third-order valence-electron chi connectivity index (χ3n) is 2.72. The third-order valence-corrected chi connectivity index (χ3v) is 2.72. The number of nitrogens with zero attached hydrogens (tertiary/aromatic N) is 2. The highest BCUT2D eigenvalue weighted by Gasteiger charge is 2.60. The number of aromatic hydroxyl groups is 1. The van der Waals surface area contributed by atoms with E-state index in [9.17, 15) is 23.1 Å². The zero-order chi connectivity index (χ0) is 14.4. The van der Waals surface area contributed by atoms with E-state index in [1.807, 2.05) is 0 Å². The van der Waals surface area contributed by atoms with E-state index < -0.39 is 48.3 Å². The summed E-state index contributed by atoms with van der Waals surface area (Å²) >= 11 is 0. The Kier molecular flexibility index (Phi) is 3.14. The van der Waals surface area contributed by atoms with Crippen LogP contribution in [0.5, 0.6) is 5.75 Å². The Bertz CT molecular complexity index is 550. The molecule has 0 saturated carbocycles. The molecule has 1 aromatic rings. The molecule has 0 bridgehead atoms. The van der Waals surface area contributed by atoms with Crippen LogP contribution in [0.25, 0.3) is 0 Å². The number of nitrogens with two attached hydrogens (primary N) is 1. The summed E-state index contributed by atoms with van der Waals surface area (Å²) in [5.41, 5.74) is 3.89. The molecule has 3 unspecified atom stereocenters. The largest absolute Gasteiger partial charge is 0.503 e. The van der Waals surface area contributed by atoms with Crippen LogP contribution < -0.4 is 11.4 Å². The lowest BCUT2D eigenvalue weighted by Crippen LogP contribution is -2.39. The van der Waals surface area contributed by atoms with Gasteiger partial charge in [-0.3, -0.25) is 4.57 Å². The van der Waals surface area contributed by atoms with Crippen LogP contribution in [-0.2, 0) is 4.74 Å². The molecule has 0 amide bonds. The highest BCUT2D eigenvalue weighted by atomic mass is 19.3. The Hall–Kier alpha value is -1.81. The van der Waals surface area contributed by atoms with Crippen molar-refractivity contribution in [2.45, 2.75) is 24.4 Å². The zero-order valence-electron chi connectivity index (χ0n) is 9.33. The molecule has 1 aromatic heterocycles. The second-order valence-electron chi connectivity index (χ2n) is 3.99. The molecule has 0 spiro atoms. The minimum atomic E-state index is -4.05. The van der Waals surface area contributed by atoms with Gasteiger partial charge in [0.2, 0.25) is 6.23 Å². The van der Waals surface area contributed by atoms with Crippen molar-refractivity contribution in [3.63, 3.8) is 0 Å². The number of anilines is 1. The molecule has 0 aromatic carbocycles. The first-order chi connectivity index (χ1) is 8.78. The number of ether oxygens (including phenoxy) is 1. The van der Waals surface area contributed by atoms with E-state index in [2.05, 4.69) is 9.72 Å². The SMILES string of the molecule is Nc1nc(=O)n(C2OC(CO)C(F)C2(F)F)cc1O. The van der Waals surface area contributed by atoms with Crippen LogP contribution in [0.4, 0.5) is 19.0 Å². The predicted molar refractivity (Wildman–Crippen MR) is 55.4 cm³/mol. The average Bonchev–Trinajstić information content (AvgIpc) is 2.56. The van der Waals surface area contributed by atoms with Gasteiger partial charge in [-0.15, -0.1) is 0 Å². The number of rotatable bonds is 2. The van der Waals surface area contributed by atoms with Gasteiger partial charge in [-0.1, -0.05) is 0 Å². The van der Waals surface area contributed by atoms with E-state index in [4.69, 9.17) is 10.8 Å². The summed E-state index contributed by atoms with van der Waals surface area (Å²) in [6, 6.07) is 0. The molecule has 1 aliphatic heterocycles. The Morgan fingerprint density at radius 2 is 2.21 bits per heavy atom. The minimum absolute atomic E-state index is 0.230. The van der Waals surface area contributed by atoms with Crippen molar-refractivity contribution in [2.75, 3.05) is 12.3 Å². The number of alkyl halides is 3. The fourth-order valence-electron chi connectivity index (χ4n) is 1.74. The molecule has 1 aliphatic rings. The third kappa shape index (κ3) is 2.02. The Labute approximate surface area is 104 Å². The van der Waals surface area contributed by atoms with Crippen LogP contribution in [0.3, 0.4) is 0 Å². The van der Waals surface area contributed by atoms with Gasteiger partial charge >= 0.3 is 11.6 Å². The van der Waals surface area contributed by atoms with Crippen LogP contribution in [0.15, 0.2) is 11.0 Å². The smallest absolute Gasteiger partial charge is 0.352 e. The Morgan fingerprint density at radius 3 is 2.74 bits per heavy atom. The van der Waals surface area contributed by atoms with Crippen LogP contribution in [0.2, 0.25) is 0 Å². The second-order valence-corrected chi connectivity index (χ2v) is 3.99. The van der Waals surface area contributed by atoms with Gasteiger partial charge in [-0.25, -0.2) is 9.18 Å². The van der Waals surface area contributed by atoms with Gasteiger partial charge < -0.3 is 20.7 Å². The maximum absolute atomic E-state index is 13.6. The van der Waals surface area contributed by atoms with E-state index in [1.165, 1.54) is 0 Å². The minimum Gasteiger partial charge on any atom is -0.503 e. The molecule has 10 heteroatoms. The van der Waals surface area contributed by atoms with Crippen molar-refractivity contribution >= 4 is 5.82 Å². The number of halogens is 3. The summed E-state index contributed by atoms with van der Waals surface area (Å²) in [6.07, 6.45) is -6.29. The maximum Gasteiger partial charge on any atom is 0.352 e. The van der Waals surface area contributed by atoms with Gasteiger partial charge in [0.25, 0.3) is 0 Å². The summed E-state index contributed by atoms with van der Waals surface area (Å²) in [5.74, 6) is -5.32. The molecule has 3 atom stereocenters. The Balaban J connectivity index is 2.48. The summed E-state index contributed by atoms with van der Waals surface area (Å²) < 4.78 is 45.4. The number of aliphatic hydroxyl groups is 1. The van der Waals surface area contributed by atoms with E-state index in [0.717, 1.165) is 0 Å². The summed E-state index contributed by atoms with van der Waals surface area (Å²) in [4.78, 5) is 14.5. The zero-order valence-corrected chi connectivity index (χ0v) is 9.33. The molecule has 7 nitrogen and oxygen atoms in total. The summed E-state index contributed by atoms with van der Waals surface area (Å²) in [5, 5.41) is 18.0. The normalized spacial score (nSPS) is 29.6. The first-order valence-electron chi connectivity index (χ1n) is 5.15. The topological polar surface area (TPSA) is 111 Å². The lowest BCUT2D eigenvalue weighted by molar-refractivity contribution is -0.130. The highest BCUT2D eigenvalue weighted by Crippen LogP contribution is 2.44. The van der Waals surface area contributed by atoms with Crippen molar-refractivity contribution < 1.29 is 28.1 Å². The van der Waals surface area contributed by atoms with Gasteiger partial charge in [0.15, 0.2) is 17.7 Å². The fraction of sp³-hybridized carbons (Fsp3) is 0.556. The standard InChI is InChI=1S/C9H10F3N3O4/c10-5-4(2-16)19-7(9(5,11)12)15-1-3(17)6(13)14-8(15)18/h1,4-5,7,16-17H,2H2,(H2,13,14,18). The fourth-order valence-corrected chi connectivity index (χ4v) is 1.74. The van der Waals surface area contributed by atoms with Crippen LogP contribution in [0, 0.1) is 0 Å². The molecule has 4 N–H and O–H groups in total. The van der Waals surface area contributed by atoms with Crippen LogP contribution >= 0.6 is 0 Å². The molecule has 0 aliphatic carbocycles. The molecule has 19 heavy (non-hydrogen) atoms. The van der Waals surface area contributed by atoms with Crippen molar-refractivity contribution in [1.29, 1.82) is 0 Å². The van der Waals surface area contributed by atoms with Gasteiger partial charge in [-0.05, 0) is 0 Å². The Morgan fingerprint density at radius 1 is 1.58 bits per heavy atom. The molecular weight excluding hydrogens is 271 g/mol. The number of aromatic nitrogens is 2. The van der Waals surface area contributed by atoms with Crippen molar-refractivity contribution in [1.82, 2.24) is 9.55 Å². The first-order valence-corrected chi connectivity index (χ1v) is 5.15. The molecule has 0 radical (unpaired) electrons. The summed E-state index contributed by atoms with van der Waals surface area (Å²) in [6.45, 7) is -0.976. The van der Waals surface area contributed by atoms with Crippen LogP contribution in [0.1, 0.15) is 6.23 Å². The second kappa shape index (κ2) is 4.38. The van der Waals surface area contributed by atoms with Crippen molar-refractivity contribution in [2.24, 2.45) is 0 Å². The van der Waals surface area contributed by atoms with E-state index in [-0.39, 0.29) is 4.57 Å². The molecule has 1 fully saturated rings. The first kappa shape index (κ1) is 13.6. The van der Waals surface area contributed by atoms with E-state index in [0.29, 0.717) is 6.20 Å². The highest BCUT2D eigenvalue weighted by molar-refractivity contribution is 5.41. The monoisotopic (exact) mass is 281 g/mol. The molecule has 2 heterocycles. The van der Waals surface area contributed by atoms with Gasteiger partial charge in [-0.2, -0.15) is 13.8 Å². The molecule has 1 saturated heterocycles. The maximum atomic E-state index is 13.6. The van der Waals surface area contributed by atoms with Gasteiger partial charge in [0, 0.05) is 0 Å². The van der Waals surface area contributed by atoms with Crippen LogP contribution in [-0.4, -0.2) is 44.6 Å². The predicted octanol–water partition coefficient (Wildman–Crippen LogP) is -0.606. The number of nitrogen functional groups attached to an aromatic ring is 1. The quantitative estimate of drug-likeness (QED) is 0.667.